The summed E-state index contributed by atoms with van der Waals surface area (Å²) in [6, 6.07) is -1.29. The van der Waals surface area contributed by atoms with Crippen LogP contribution in [0.5, 0.6) is 0 Å². The quantitative estimate of drug-likeness (QED) is 0.405. The fraction of sp³-hybridized carbons (Fsp3) is 0.950. The number of rotatable bonds is 5. The molecule has 168 valence electrons. The summed E-state index contributed by atoms with van der Waals surface area (Å²) in [5.74, 6) is -2.33. The summed E-state index contributed by atoms with van der Waals surface area (Å²) in [7, 11) is 1.69. The smallest absolute Gasteiger partial charge is 0.239 e. The highest BCUT2D eigenvalue weighted by Crippen LogP contribution is 2.43. The number of aliphatic hydroxyl groups is 3. The van der Waals surface area contributed by atoms with Gasteiger partial charge in [0.1, 0.15) is 12.2 Å². The van der Waals surface area contributed by atoms with E-state index >= 15 is 0 Å². The van der Waals surface area contributed by atoms with E-state index in [-0.39, 0.29) is 17.9 Å². The van der Waals surface area contributed by atoms with Crippen LogP contribution in [0.1, 0.15) is 47.0 Å². The minimum absolute atomic E-state index is 0.175. The van der Waals surface area contributed by atoms with E-state index in [9.17, 15) is 20.1 Å². The number of hydrogen-bond acceptors (Lipinski definition) is 8. The van der Waals surface area contributed by atoms with Crippen LogP contribution in [0.4, 0.5) is 0 Å². The molecule has 3 aliphatic rings. The lowest BCUT2D eigenvalue weighted by Gasteiger charge is -2.58. The van der Waals surface area contributed by atoms with Crippen molar-refractivity contribution < 1.29 is 34.3 Å². The third kappa shape index (κ3) is 4.19. The fourth-order valence-corrected chi connectivity index (χ4v) is 4.86. The minimum atomic E-state index is -1.92. The number of nitrogens with one attached hydrogen (secondary N) is 2. The fourth-order valence-electron chi connectivity index (χ4n) is 4.86. The summed E-state index contributed by atoms with van der Waals surface area (Å²) in [6.45, 7) is 7.62. The van der Waals surface area contributed by atoms with Crippen molar-refractivity contribution in [3.05, 3.63) is 0 Å². The topological polar surface area (TPSA) is 130 Å². The Balaban J connectivity index is 1.87. The molecule has 0 aromatic rings. The molecule has 2 saturated heterocycles. The van der Waals surface area contributed by atoms with Gasteiger partial charge in [-0.1, -0.05) is 20.8 Å². The number of ether oxygens (including phenoxy) is 3. The molecule has 2 aliphatic heterocycles. The van der Waals surface area contributed by atoms with Crippen LogP contribution in [0, 0.1) is 11.8 Å². The third-order valence-electron chi connectivity index (χ3n) is 6.36. The lowest BCUT2D eigenvalue weighted by molar-refractivity contribution is -0.450. The predicted molar refractivity (Wildman–Crippen MR) is 104 cm³/mol. The molecule has 0 spiro atoms. The Kier molecular flexibility index (Phi) is 6.89. The summed E-state index contributed by atoms with van der Waals surface area (Å²) in [5, 5.41) is 38.9. The van der Waals surface area contributed by atoms with Gasteiger partial charge in [-0.3, -0.25) is 4.79 Å². The lowest BCUT2D eigenvalue weighted by atomic mass is 9.74. The van der Waals surface area contributed by atoms with Crippen molar-refractivity contribution in [1.29, 1.82) is 0 Å². The van der Waals surface area contributed by atoms with Gasteiger partial charge in [0.15, 0.2) is 0 Å². The number of carbonyl (C=O) groups excluding carboxylic acids is 1. The molecule has 29 heavy (non-hydrogen) atoms. The maximum atomic E-state index is 12.4. The van der Waals surface area contributed by atoms with Gasteiger partial charge in [0.05, 0.1) is 30.4 Å². The van der Waals surface area contributed by atoms with Gasteiger partial charge in [0.2, 0.25) is 18.0 Å². The summed E-state index contributed by atoms with van der Waals surface area (Å²) < 4.78 is 17.9. The number of fused-ring (bicyclic) bond motifs is 2. The number of amides is 1. The van der Waals surface area contributed by atoms with Crippen molar-refractivity contribution in [1.82, 2.24) is 10.6 Å². The zero-order chi connectivity index (χ0) is 21.5. The van der Waals surface area contributed by atoms with Crippen LogP contribution in [0.2, 0.25) is 0 Å². The van der Waals surface area contributed by atoms with Gasteiger partial charge in [-0.05, 0) is 32.7 Å². The van der Waals surface area contributed by atoms with Crippen molar-refractivity contribution in [2.24, 2.45) is 11.8 Å². The SMILES string of the molecule is CC[C@@H]1[C@H](O)[C@H](NC)C2O[C@]3(O)C(OC2[C@@H]1O)O[C@H](C)C[C@H]3NC(=O)CC(C)C. The highest BCUT2D eigenvalue weighted by atomic mass is 16.8. The number of likely N-dealkylation sites (N-methyl/N-ethyl adjacent to an activating group) is 1. The zero-order valence-corrected chi connectivity index (χ0v) is 17.9. The second-order valence-electron chi connectivity index (χ2n) is 9.04. The lowest BCUT2D eigenvalue weighted by Crippen LogP contribution is -2.77. The molecule has 0 bridgehead atoms. The van der Waals surface area contributed by atoms with Gasteiger partial charge < -0.3 is 40.2 Å². The highest BCUT2D eigenvalue weighted by Gasteiger charge is 2.63. The number of hydrogen-bond donors (Lipinski definition) is 5. The predicted octanol–water partition coefficient (Wildman–Crippen LogP) is -0.526. The van der Waals surface area contributed by atoms with Gasteiger partial charge in [-0.2, -0.15) is 0 Å². The van der Waals surface area contributed by atoms with Crippen LogP contribution < -0.4 is 10.6 Å². The van der Waals surface area contributed by atoms with Gasteiger partial charge in [0.25, 0.3) is 0 Å². The maximum absolute atomic E-state index is 12.4. The first kappa shape index (κ1) is 22.9. The van der Waals surface area contributed by atoms with Crippen LogP contribution in [-0.4, -0.2) is 83.0 Å². The number of aliphatic hydroxyl groups excluding tert-OH is 2. The van der Waals surface area contributed by atoms with E-state index in [4.69, 9.17) is 14.2 Å². The highest BCUT2D eigenvalue weighted by molar-refractivity contribution is 5.76. The van der Waals surface area contributed by atoms with Crippen molar-refractivity contribution in [2.45, 2.75) is 102 Å². The summed E-state index contributed by atoms with van der Waals surface area (Å²) in [6.07, 6.45) is -3.62. The minimum Gasteiger partial charge on any atom is -0.391 e. The molecule has 0 aromatic carbocycles. The van der Waals surface area contributed by atoms with E-state index in [0.29, 0.717) is 19.3 Å². The summed E-state index contributed by atoms with van der Waals surface area (Å²) in [5.41, 5.74) is 0. The third-order valence-corrected chi connectivity index (χ3v) is 6.36. The molecule has 3 unspecified atom stereocenters. The maximum Gasteiger partial charge on any atom is 0.239 e. The van der Waals surface area contributed by atoms with Gasteiger partial charge in [-0.25, -0.2) is 0 Å². The van der Waals surface area contributed by atoms with E-state index in [1.54, 1.807) is 7.05 Å². The molecule has 3 fully saturated rings. The average Bonchev–Trinajstić information content (AvgIpc) is 2.62. The molecular weight excluding hydrogens is 380 g/mol. The molecule has 0 radical (unpaired) electrons. The van der Waals surface area contributed by atoms with E-state index < -0.39 is 54.5 Å². The molecule has 1 saturated carbocycles. The Morgan fingerprint density at radius 2 is 1.90 bits per heavy atom. The molecule has 1 aliphatic carbocycles. The molecule has 10 atom stereocenters. The molecule has 1 amide bonds. The standard InChI is InChI=1S/C20H36N2O7/c1-6-11-15(24)14(21-5)17-18(16(11)25)28-19-20(26,29-17)12(8-10(4)27-19)22-13(23)7-9(2)3/h9-12,14-19,21,24-26H,6-8H2,1-5H3,(H,22,23)/t10-,11-,12-,14+,15+,16-,17?,18?,19?,20+/m1/s1. The Bertz CT molecular complexity index is 591. The van der Waals surface area contributed by atoms with Gasteiger partial charge in [0, 0.05) is 12.3 Å². The van der Waals surface area contributed by atoms with Crippen molar-refractivity contribution in [3.8, 4) is 0 Å². The van der Waals surface area contributed by atoms with E-state index in [0.717, 1.165) is 0 Å². The number of carbonyl (C=O) groups is 1. The molecule has 9 heteroatoms. The van der Waals surface area contributed by atoms with Gasteiger partial charge in [-0.15, -0.1) is 0 Å². The zero-order valence-electron chi connectivity index (χ0n) is 17.9. The Labute approximate surface area is 172 Å². The Hall–Kier alpha value is -0.810. The van der Waals surface area contributed by atoms with Gasteiger partial charge >= 0.3 is 0 Å². The monoisotopic (exact) mass is 416 g/mol. The normalized spacial score (nSPS) is 47.4. The molecular formula is C20H36N2O7. The van der Waals surface area contributed by atoms with Crippen molar-refractivity contribution in [2.75, 3.05) is 7.05 Å². The second-order valence-corrected chi connectivity index (χ2v) is 9.04. The van der Waals surface area contributed by atoms with Crippen molar-refractivity contribution in [3.63, 3.8) is 0 Å². The Morgan fingerprint density at radius 3 is 2.48 bits per heavy atom. The van der Waals surface area contributed by atoms with E-state index in [1.807, 2.05) is 27.7 Å². The second kappa shape index (κ2) is 8.74. The molecule has 3 rings (SSSR count). The van der Waals surface area contributed by atoms with Crippen LogP contribution >= 0.6 is 0 Å². The first-order valence-electron chi connectivity index (χ1n) is 10.7. The Morgan fingerprint density at radius 1 is 1.21 bits per heavy atom. The largest absolute Gasteiger partial charge is 0.391 e. The molecule has 5 N–H and O–H groups in total. The van der Waals surface area contributed by atoms with Crippen LogP contribution in [0.15, 0.2) is 0 Å². The first-order chi connectivity index (χ1) is 13.6. The average molecular weight is 417 g/mol. The van der Waals surface area contributed by atoms with E-state index in [2.05, 4.69) is 10.6 Å². The van der Waals surface area contributed by atoms with Crippen LogP contribution in [0.25, 0.3) is 0 Å². The molecule has 0 aromatic heterocycles. The molecule has 2 heterocycles. The molecule has 9 nitrogen and oxygen atoms in total. The summed E-state index contributed by atoms with van der Waals surface area (Å²) in [4.78, 5) is 12.4. The van der Waals surface area contributed by atoms with Crippen molar-refractivity contribution >= 4 is 5.91 Å². The summed E-state index contributed by atoms with van der Waals surface area (Å²) >= 11 is 0. The van der Waals surface area contributed by atoms with E-state index in [1.165, 1.54) is 0 Å². The van der Waals surface area contributed by atoms with Crippen LogP contribution in [0.3, 0.4) is 0 Å². The van der Waals surface area contributed by atoms with Crippen LogP contribution in [-0.2, 0) is 19.0 Å². The first-order valence-corrected chi connectivity index (χ1v) is 10.7.